The van der Waals surface area contributed by atoms with Gasteiger partial charge in [-0.1, -0.05) is 6.20 Å². The maximum absolute atomic E-state index is 11.8. The van der Waals surface area contributed by atoms with Gasteiger partial charge in [0.05, 0.1) is 4.90 Å². The minimum Gasteiger partial charge on any atom is -0.433 e. The molecule has 1 aromatic heterocycles. The summed E-state index contributed by atoms with van der Waals surface area (Å²) in [5, 5.41) is 1.88. The molecular formula is C9H10N3NaO3S2. The molecule has 0 atom stereocenters. The molecule has 1 aromatic carbocycles. The van der Waals surface area contributed by atoms with E-state index in [0.29, 0.717) is 5.69 Å². The number of hydrogen-bond donors (Lipinski definition) is 1. The summed E-state index contributed by atoms with van der Waals surface area (Å²) in [5.41, 5.74) is 5.98. The fourth-order valence-corrected chi connectivity index (χ4v) is 2.73. The second-order valence-electron chi connectivity index (χ2n) is 2.95. The standard InChI is InChI=1S/C9H8N3O2S2.Na.H2O/c10-7-1-3-8(4-2-7)16(13,14)12-9-11-5-6-15-9;;/h1-6H,10H2;;1H2/q-1;+1;. The van der Waals surface area contributed by atoms with Crippen LogP contribution in [0.5, 0.6) is 0 Å². The van der Waals surface area contributed by atoms with Crippen LogP contribution in [0, 0.1) is 0 Å². The molecule has 0 bridgehead atoms. The van der Waals surface area contributed by atoms with Crippen LogP contribution in [0.25, 0.3) is 4.72 Å². The van der Waals surface area contributed by atoms with Gasteiger partial charge in [0, 0.05) is 10.8 Å². The number of sulfonamides is 1. The molecule has 0 saturated carbocycles. The zero-order valence-corrected chi connectivity index (χ0v) is 13.2. The molecule has 0 aliphatic heterocycles. The van der Waals surface area contributed by atoms with E-state index in [9.17, 15) is 8.42 Å². The van der Waals surface area contributed by atoms with Crippen molar-refractivity contribution in [2.45, 2.75) is 4.90 Å². The SMILES string of the molecule is Nc1ccc(S(=O)(=O)[N-]c2nccs2)cc1.O.[Na+]. The van der Waals surface area contributed by atoms with Gasteiger partial charge in [-0.15, -0.1) is 0 Å². The smallest absolute Gasteiger partial charge is 0.433 e. The second kappa shape index (κ2) is 7.07. The van der Waals surface area contributed by atoms with Crippen LogP contribution in [-0.4, -0.2) is 18.9 Å². The van der Waals surface area contributed by atoms with Gasteiger partial charge in [-0.05, 0) is 29.6 Å². The predicted octanol–water partition coefficient (Wildman–Crippen LogP) is -1.70. The minimum atomic E-state index is -3.68. The number of rotatable bonds is 3. The van der Waals surface area contributed by atoms with Gasteiger partial charge < -0.3 is 20.9 Å². The Hall–Kier alpha value is -0.640. The van der Waals surface area contributed by atoms with Crippen LogP contribution in [0.2, 0.25) is 0 Å². The molecule has 0 fully saturated rings. The van der Waals surface area contributed by atoms with Crippen molar-refractivity contribution in [3.63, 3.8) is 0 Å². The van der Waals surface area contributed by atoms with E-state index in [-0.39, 0.29) is 45.1 Å². The van der Waals surface area contributed by atoms with Gasteiger partial charge in [0.1, 0.15) is 0 Å². The number of nitrogens with zero attached hydrogens (tertiary/aromatic N) is 2. The molecule has 92 valence electrons. The van der Waals surface area contributed by atoms with Crippen molar-refractivity contribution in [1.29, 1.82) is 0 Å². The topological polar surface area (TPSA) is 119 Å². The summed E-state index contributed by atoms with van der Waals surface area (Å²) < 4.78 is 27.1. The van der Waals surface area contributed by atoms with E-state index in [2.05, 4.69) is 9.71 Å². The number of aromatic nitrogens is 1. The molecule has 0 saturated heterocycles. The number of nitrogen functional groups attached to an aromatic ring is 1. The zero-order valence-electron chi connectivity index (χ0n) is 9.57. The molecule has 0 radical (unpaired) electrons. The summed E-state index contributed by atoms with van der Waals surface area (Å²) in [5.74, 6) is 0. The normalized spacial score (nSPS) is 10.0. The van der Waals surface area contributed by atoms with Gasteiger partial charge in [-0.3, -0.25) is 0 Å². The Bertz CT molecular complexity index is 570. The van der Waals surface area contributed by atoms with Gasteiger partial charge in [0.25, 0.3) is 0 Å². The molecule has 2 rings (SSSR count). The Labute approximate surface area is 131 Å². The number of benzene rings is 1. The van der Waals surface area contributed by atoms with Crippen LogP contribution < -0.4 is 35.3 Å². The summed E-state index contributed by atoms with van der Waals surface area (Å²) in [6.45, 7) is 0. The maximum atomic E-state index is 11.8. The Kier molecular flexibility index (Phi) is 6.82. The molecule has 9 heteroatoms. The number of thiazole rings is 1. The molecule has 0 aliphatic rings. The van der Waals surface area contributed by atoms with Crippen molar-refractivity contribution in [3.05, 3.63) is 40.6 Å². The first-order valence-electron chi connectivity index (χ1n) is 4.31. The Morgan fingerprint density at radius 2 is 1.83 bits per heavy atom. The summed E-state index contributed by atoms with van der Waals surface area (Å²) in [6, 6.07) is 5.87. The van der Waals surface area contributed by atoms with Crippen LogP contribution in [0.1, 0.15) is 0 Å². The van der Waals surface area contributed by atoms with E-state index in [4.69, 9.17) is 5.73 Å². The van der Waals surface area contributed by atoms with Crippen molar-refractivity contribution in [3.8, 4) is 0 Å². The average molecular weight is 295 g/mol. The van der Waals surface area contributed by atoms with E-state index in [1.165, 1.54) is 41.8 Å². The summed E-state index contributed by atoms with van der Waals surface area (Å²) in [6.07, 6.45) is 1.50. The summed E-state index contributed by atoms with van der Waals surface area (Å²) in [4.78, 5) is 3.90. The monoisotopic (exact) mass is 295 g/mol. The Morgan fingerprint density at radius 1 is 1.22 bits per heavy atom. The van der Waals surface area contributed by atoms with Crippen LogP contribution in [0.3, 0.4) is 0 Å². The molecule has 0 unspecified atom stereocenters. The Balaban J connectivity index is 0.00000144. The maximum Gasteiger partial charge on any atom is 1.00 e. The fourth-order valence-electron chi connectivity index (χ4n) is 1.06. The molecule has 1 heterocycles. The van der Waals surface area contributed by atoms with Crippen molar-refractivity contribution in [1.82, 2.24) is 4.98 Å². The fraction of sp³-hybridized carbons (Fsp3) is 0. The van der Waals surface area contributed by atoms with Crippen molar-refractivity contribution in [2.75, 3.05) is 5.73 Å². The van der Waals surface area contributed by atoms with E-state index in [0.717, 1.165) is 0 Å². The van der Waals surface area contributed by atoms with Gasteiger partial charge in [-0.25, -0.2) is 8.42 Å². The second-order valence-corrected chi connectivity index (χ2v) is 5.43. The van der Waals surface area contributed by atoms with E-state index < -0.39 is 10.0 Å². The van der Waals surface area contributed by atoms with Gasteiger partial charge >= 0.3 is 29.6 Å². The average Bonchev–Trinajstić information content (AvgIpc) is 2.70. The third kappa shape index (κ3) is 4.23. The van der Waals surface area contributed by atoms with Crippen molar-refractivity contribution in [2.24, 2.45) is 0 Å². The van der Waals surface area contributed by atoms with Gasteiger partial charge in [-0.2, -0.15) is 11.3 Å². The number of anilines is 1. The first-order valence-corrected chi connectivity index (χ1v) is 6.63. The molecule has 2 aromatic rings. The largest absolute Gasteiger partial charge is 1.00 e. The van der Waals surface area contributed by atoms with E-state index in [1.54, 1.807) is 5.38 Å². The first-order chi connectivity index (χ1) is 7.58. The summed E-state index contributed by atoms with van der Waals surface area (Å²) in [7, 11) is -3.68. The first kappa shape index (κ1) is 17.4. The molecule has 18 heavy (non-hydrogen) atoms. The van der Waals surface area contributed by atoms with E-state index in [1.807, 2.05) is 0 Å². The van der Waals surface area contributed by atoms with Crippen LogP contribution in [-0.2, 0) is 10.0 Å². The van der Waals surface area contributed by atoms with Gasteiger partial charge in [0.2, 0.25) is 10.0 Å². The molecule has 6 nitrogen and oxygen atoms in total. The van der Waals surface area contributed by atoms with Crippen LogP contribution in [0.4, 0.5) is 10.8 Å². The van der Waals surface area contributed by atoms with Crippen molar-refractivity contribution >= 4 is 32.2 Å². The third-order valence-electron chi connectivity index (χ3n) is 1.80. The zero-order chi connectivity index (χ0) is 11.6. The Morgan fingerprint density at radius 3 is 2.33 bits per heavy atom. The predicted molar refractivity (Wildman–Crippen MR) is 66.8 cm³/mol. The van der Waals surface area contributed by atoms with Gasteiger partial charge in [0.15, 0.2) is 0 Å². The van der Waals surface area contributed by atoms with Crippen LogP contribution >= 0.6 is 11.3 Å². The molecular weight excluding hydrogens is 285 g/mol. The van der Waals surface area contributed by atoms with E-state index >= 15 is 0 Å². The molecule has 0 aliphatic carbocycles. The third-order valence-corrected chi connectivity index (χ3v) is 3.86. The van der Waals surface area contributed by atoms with Crippen LogP contribution in [0.15, 0.2) is 40.7 Å². The minimum absolute atomic E-state index is 0. The molecule has 0 amide bonds. The quantitative estimate of drug-likeness (QED) is 0.536. The molecule has 4 N–H and O–H groups in total. The van der Waals surface area contributed by atoms with Crippen molar-refractivity contribution < 1.29 is 43.5 Å². The summed E-state index contributed by atoms with van der Waals surface area (Å²) >= 11 is 1.17. The number of hydrogen-bond acceptors (Lipinski definition) is 5. The number of nitrogens with two attached hydrogens (primary N) is 1. The molecule has 0 spiro atoms.